The third-order valence-corrected chi connectivity index (χ3v) is 2.98. The molecule has 0 saturated heterocycles. The minimum Gasteiger partial charge on any atom is -0.480 e. The highest BCUT2D eigenvalue weighted by atomic mass is 16.4. The largest absolute Gasteiger partial charge is 0.480 e. The topological polar surface area (TPSA) is 69.6 Å². The van der Waals surface area contributed by atoms with Gasteiger partial charge in [0.1, 0.15) is 5.54 Å². The Balaban J connectivity index is 4.76. The van der Waals surface area contributed by atoms with Crippen LogP contribution in [0.3, 0.4) is 0 Å². The molecule has 1 amide bonds. The van der Waals surface area contributed by atoms with Gasteiger partial charge in [-0.15, -0.1) is 0 Å². The van der Waals surface area contributed by atoms with Crippen molar-refractivity contribution in [2.45, 2.75) is 52.6 Å². The van der Waals surface area contributed by atoms with Crippen molar-refractivity contribution in [1.29, 1.82) is 0 Å². The molecule has 5 nitrogen and oxygen atoms in total. The molecule has 0 aromatic rings. The number of carbonyl (C=O) groups is 2. The van der Waals surface area contributed by atoms with Crippen molar-refractivity contribution in [1.82, 2.24) is 10.2 Å². The number of carboxylic acids is 1. The fourth-order valence-electron chi connectivity index (χ4n) is 1.81. The molecular formula is C12H24N2O3. The van der Waals surface area contributed by atoms with Gasteiger partial charge in [0.25, 0.3) is 0 Å². The minimum absolute atomic E-state index is 0.122. The van der Waals surface area contributed by atoms with Crippen LogP contribution in [-0.2, 0) is 9.59 Å². The molecule has 2 N–H and O–H groups in total. The fourth-order valence-corrected chi connectivity index (χ4v) is 1.81. The van der Waals surface area contributed by atoms with Crippen LogP contribution in [0.2, 0.25) is 0 Å². The van der Waals surface area contributed by atoms with Gasteiger partial charge in [-0.2, -0.15) is 0 Å². The first-order chi connectivity index (χ1) is 7.78. The van der Waals surface area contributed by atoms with Gasteiger partial charge in [0.2, 0.25) is 5.91 Å². The van der Waals surface area contributed by atoms with Gasteiger partial charge in [-0.05, 0) is 33.7 Å². The van der Waals surface area contributed by atoms with Crippen molar-refractivity contribution in [3.63, 3.8) is 0 Å². The van der Waals surface area contributed by atoms with Gasteiger partial charge >= 0.3 is 5.97 Å². The number of likely N-dealkylation sites (N-methyl/N-ethyl adjacent to an activating group) is 1. The molecule has 0 aliphatic heterocycles. The Bertz CT molecular complexity index is 277. The molecular weight excluding hydrogens is 220 g/mol. The lowest BCUT2D eigenvalue weighted by atomic mass is 10.0. The van der Waals surface area contributed by atoms with Crippen molar-refractivity contribution in [3.8, 4) is 0 Å². The number of rotatable bonds is 7. The van der Waals surface area contributed by atoms with Crippen molar-refractivity contribution in [2.24, 2.45) is 0 Å². The lowest BCUT2D eigenvalue weighted by Crippen LogP contribution is -2.58. The lowest BCUT2D eigenvalue weighted by molar-refractivity contribution is -0.152. The summed E-state index contributed by atoms with van der Waals surface area (Å²) in [5.41, 5.74) is -1.04. The van der Waals surface area contributed by atoms with Gasteiger partial charge in [0.05, 0.1) is 6.04 Å². The van der Waals surface area contributed by atoms with Crippen LogP contribution in [0.4, 0.5) is 0 Å². The minimum atomic E-state index is -1.04. The van der Waals surface area contributed by atoms with E-state index in [1.54, 1.807) is 25.7 Å². The highest BCUT2D eigenvalue weighted by Gasteiger charge is 2.38. The summed E-state index contributed by atoms with van der Waals surface area (Å²) in [5, 5.41) is 12.0. The van der Waals surface area contributed by atoms with Crippen molar-refractivity contribution >= 4 is 11.9 Å². The van der Waals surface area contributed by atoms with E-state index in [4.69, 9.17) is 0 Å². The summed E-state index contributed by atoms with van der Waals surface area (Å²) in [4.78, 5) is 24.7. The van der Waals surface area contributed by atoms with Crippen LogP contribution in [-0.4, -0.2) is 46.6 Å². The molecule has 100 valence electrons. The van der Waals surface area contributed by atoms with Crippen LogP contribution in [0.1, 0.15) is 41.0 Å². The molecule has 0 spiro atoms. The van der Waals surface area contributed by atoms with Gasteiger partial charge < -0.3 is 10.4 Å². The number of hydrogen-bond acceptors (Lipinski definition) is 3. The molecule has 0 saturated carbocycles. The number of hydrogen-bond donors (Lipinski definition) is 2. The first kappa shape index (κ1) is 15.9. The summed E-state index contributed by atoms with van der Waals surface area (Å²) >= 11 is 0. The van der Waals surface area contributed by atoms with Crippen molar-refractivity contribution in [3.05, 3.63) is 0 Å². The maximum Gasteiger partial charge on any atom is 0.323 e. The first-order valence-corrected chi connectivity index (χ1v) is 6.06. The Kier molecular flexibility index (Phi) is 6.16. The number of amides is 1. The molecule has 0 rings (SSSR count). The van der Waals surface area contributed by atoms with Crippen molar-refractivity contribution in [2.75, 3.05) is 13.1 Å². The second-order valence-electron chi connectivity index (χ2n) is 4.62. The van der Waals surface area contributed by atoms with Crippen LogP contribution in [0, 0.1) is 0 Å². The van der Waals surface area contributed by atoms with E-state index in [1.165, 1.54) is 0 Å². The monoisotopic (exact) mass is 244 g/mol. The van der Waals surface area contributed by atoms with E-state index in [0.717, 1.165) is 6.42 Å². The van der Waals surface area contributed by atoms with E-state index < -0.39 is 17.6 Å². The first-order valence-electron chi connectivity index (χ1n) is 6.06. The van der Waals surface area contributed by atoms with Crippen LogP contribution < -0.4 is 5.32 Å². The Morgan fingerprint density at radius 3 is 2.24 bits per heavy atom. The Morgan fingerprint density at radius 2 is 1.88 bits per heavy atom. The fraction of sp³-hybridized carbons (Fsp3) is 0.833. The molecule has 0 aromatic heterocycles. The molecule has 0 aromatic carbocycles. The average molecular weight is 244 g/mol. The zero-order valence-corrected chi connectivity index (χ0v) is 11.4. The quantitative estimate of drug-likeness (QED) is 0.703. The van der Waals surface area contributed by atoms with Gasteiger partial charge in [-0.3, -0.25) is 14.5 Å². The number of aliphatic carboxylic acids is 1. The van der Waals surface area contributed by atoms with E-state index >= 15 is 0 Å². The van der Waals surface area contributed by atoms with E-state index in [9.17, 15) is 14.7 Å². The Hall–Kier alpha value is -1.10. The smallest absolute Gasteiger partial charge is 0.323 e. The summed E-state index contributed by atoms with van der Waals surface area (Å²) in [6.45, 7) is 9.93. The number of carbonyl (C=O) groups excluding carboxylic acids is 1. The molecule has 5 heteroatoms. The SMILES string of the molecule is CCCNC(=O)C(C)N(CC)C(C)(C)C(=O)O. The number of nitrogens with zero attached hydrogens (tertiary/aromatic N) is 1. The molecule has 0 heterocycles. The molecule has 0 aliphatic carbocycles. The van der Waals surface area contributed by atoms with Crippen LogP contribution in [0.25, 0.3) is 0 Å². The third kappa shape index (κ3) is 4.00. The summed E-state index contributed by atoms with van der Waals surface area (Å²) < 4.78 is 0. The van der Waals surface area contributed by atoms with Gasteiger partial charge in [-0.1, -0.05) is 13.8 Å². The van der Waals surface area contributed by atoms with Gasteiger partial charge in [0.15, 0.2) is 0 Å². The normalized spacial score (nSPS) is 13.5. The van der Waals surface area contributed by atoms with Crippen LogP contribution >= 0.6 is 0 Å². The molecule has 0 bridgehead atoms. The molecule has 1 atom stereocenters. The third-order valence-electron chi connectivity index (χ3n) is 2.98. The molecule has 17 heavy (non-hydrogen) atoms. The molecule has 0 fully saturated rings. The Morgan fingerprint density at radius 1 is 1.35 bits per heavy atom. The zero-order valence-electron chi connectivity index (χ0n) is 11.4. The lowest BCUT2D eigenvalue weighted by Gasteiger charge is -2.37. The van der Waals surface area contributed by atoms with Crippen molar-refractivity contribution < 1.29 is 14.7 Å². The summed E-state index contributed by atoms with van der Waals surface area (Å²) in [6, 6.07) is -0.447. The number of carboxylic acid groups (broad SMARTS) is 1. The number of nitrogens with one attached hydrogen (secondary N) is 1. The van der Waals surface area contributed by atoms with Crippen LogP contribution in [0.5, 0.6) is 0 Å². The standard InChI is InChI=1S/C12H24N2O3/c1-6-8-13-10(15)9(3)14(7-2)12(4,5)11(16)17/h9H,6-8H2,1-5H3,(H,13,15)(H,16,17). The van der Waals surface area contributed by atoms with Gasteiger partial charge in [0, 0.05) is 6.54 Å². The summed E-state index contributed by atoms with van der Waals surface area (Å²) in [6.07, 6.45) is 0.868. The van der Waals surface area contributed by atoms with E-state index in [1.807, 2.05) is 13.8 Å². The summed E-state index contributed by atoms with van der Waals surface area (Å²) in [5.74, 6) is -1.04. The van der Waals surface area contributed by atoms with Crippen LogP contribution in [0.15, 0.2) is 0 Å². The van der Waals surface area contributed by atoms with E-state index in [-0.39, 0.29) is 5.91 Å². The highest BCUT2D eigenvalue weighted by molar-refractivity contribution is 5.83. The van der Waals surface area contributed by atoms with E-state index in [2.05, 4.69) is 5.32 Å². The van der Waals surface area contributed by atoms with Gasteiger partial charge in [-0.25, -0.2) is 0 Å². The average Bonchev–Trinajstić information content (AvgIpc) is 2.25. The maximum atomic E-state index is 11.8. The summed E-state index contributed by atoms with van der Waals surface area (Å²) in [7, 11) is 0. The molecule has 1 unspecified atom stereocenters. The highest BCUT2D eigenvalue weighted by Crippen LogP contribution is 2.18. The second-order valence-corrected chi connectivity index (χ2v) is 4.62. The van der Waals surface area contributed by atoms with E-state index in [0.29, 0.717) is 13.1 Å². The predicted octanol–water partition coefficient (Wildman–Crippen LogP) is 1.09. The molecule has 0 radical (unpaired) electrons. The maximum absolute atomic E-state index is 11.8. The Labute approximate surface area is 103 Å². The molecule has 0 aliphatic rings. The zero-order chi connectivity index (χ0) is 13.6. The predicted molar refractivity (Wildman–Crippen MR) is 66.9 cm³/mol. The second kappa shape index (κ2) is 6.59.